The van der Waals surface area contributed by atoms with Crippen LogP contribution in [0.5, 0.6) is 0 Å². The Morgan fingerprint density at radius 2 is 2.13 bits per heavy atom. The maximum absolute atomic E-state index is 10.7. The maximum Gasteiger partial charge on any atom is 0.331 e. The van der Waals surface area contributed by atoms with E-state index in [1.54, 1.807) is 13.0 Å². The highest BCUT2D eigenvalue weighted by Crippen LogP contribution is 2.17. The lowest BCUT2D eigenvalue weighted by molar-refractivity contribution is -0.132. The van der Waals surface area contributed by atoms with Crippen molar-refractivity contribution in [3.05, 3.63) is 28.6 Å². The first kappa shape index (κ1) is 11.6. The third-order valence-corrected chi connectivity index (χ3v) is 2.64. The summed E-state index contributed by atoms with van der Waals surface area (Å²) in [7, 11) is 0. The van der Waals surface area contributed by atoms with Gasteiger partial charge in [0.25, 0.3) is 0 Å². The SMILES string of the molecule is CCn1c(C)cc(C=C(C)C(=O)O)c1C. The molecule has 0 aliphatic heterocycles. The Hall–Kier alpha value is -1.51. The molecule has 0 bridgehead atoms. The van der Waals surface area contributed by atoms with Gasteiger partial charge in [-0.2, -0.15) is 0 Å². The molecule has 0 aliphatic carbocycles. The van der Waals surface area contributed by atoms with Gasteiger partial charge in [-0.25, -0.2) is 4.79 Å². The molecule has 0 aromatic carbocycles. The molecule has 0 fully saturated rings. The van der Waals surface area contributed by atoms with Gasteiger partial charge >= 0.3 is 5.97 Å². The molecule has 3 heteroatoms. The van der Waals surface area contributed by atoms with Gasteiger partial charge in [-0.05, 0) is 45.4 Å². The lowest BCUT2D eigenvalue weighted by atomic mass is 10.1. The smallest absolute Gasteiger partial charge is 0.331 e. The first-order valence-electron chi connectivity index (χ1n) is 5.05. The number of hydrogen-bond donors (Lipinski definition) is 1. The summed E-state index contributed by atoms with van der Waals surface area (Å²) in [6.45, 7) is 8.65. The molecule has 1 aromatic rings. The number of rotatable bonds is 3. The molecule has 0 atom stereocenters. The normalized spacial score (nSPS) is 11.9. The summed E-state index contributed by atoms with van der Waals surface area (Å²) in [6, 6.07) is 2.02. The Bertz CT molecular complexity index is 414. The van der Waals surface area contributed by atoms with Crippen molar-refractivity contribution in [3.63, 3.8) is 0 Å². The molecule has 1 heterocycles. The van der Waals surface area contributed by atoms with Crippen LogP contribution < -0.4 is 0 Å². The minimum Gasteiger partial charge on any atom is -0.478 e. The van der Waals surface area contributed by atoms with Crippen molar-refractivity contribution in [2.45, 2.75) is 34.2 Å². The number of hydrogen-bond acceptors (Lipinski definition) is 1. The summed E-state index contributed by atoms with van der Waals surface area (Å²) in [5, 5.41) is 8.79. The Kier molecular flexibility index (Phi) is 3.35. The van der Waals surface area contributed by atoms with E-state index in [4.69, 9.17) is 5.11 Å². The molecule has 0 aliphatic rings. The van der Waals surface area contributed by atoms with Gasteiger partial charge in [0.05, 0.1) is 0 Å². The van der Waals surface area contributed by atoms with Gasteiger partial charge in [-0.3, -0.25) is 0 Å². The molecule has 0 amide bonds. The lowest BCUT2D eigenvalue weighted by Crippen LogP contribution is -1.99. The Morgan fingerprint density at radius 1 is 1.53 bits per heavy atom. The molecule has 15 heavy (non-hydrogen) atoms. The standard InChI is InChI=1S/C12H17NO2/c1-5-13-9(3)7-11(10(13)4)6-8(2)12(14)15/h6-7H,5H2,1-4H3,(H,14,15). The van der Waals surface area contributed by atoms with Crippen molar-refractivity contribution in [3.8, 4) is 0 Å². The van der Waals surface area contributed by atoms with Crippen LogP contribution in [0.25, 0.3) is 6.08 Å². The van der Waals surface area contributed by atoms with Crippen molar-refractivity contribution in [2.75, 3.05) is 0 Å². The van der Waals surface area contributed by atoms with E-state index >= 15 is 0 Å². The molecule has 1 rings (SSSR count). The quantitative estimate of drug-likeness (QED) is 0.774. The highest BCUT2D eigenvalue weighted by Gasteiger charge is 2.07. The molecule has 82 valence electrons. The van der Waals surface area contributed by atoms with Crippen LogP contribution in [-0.2, 0) is 11.3 Å². The molecule has 0 saturated carbocycles. The van der Waals surface area contributed by atoms with Crippen molar-refractivity contribution in [1.82, 2.24) is 4.57 Å². The van der Waals surface area contributed by atoms with E-state index in [1.807, 2.05) is 19.9 Å². The van der Waals surface area contributed by atoms with Crippen LogP contribution in [0.1, 0.15) is 30.8 Å². The average Bonchev–Trinajstić information content (AvgIpc) is 2.41. The summed E-state index contributed by atoms with van der Waals surface area (Å²) in [5.74, 6) is -0.865. The molecule has 0 radical (unpaired) electrons. The minimum atomic E-state index is -0.865. The van der Waals surface area contributed by atoms with Crippen LogP contribution in [0.4, 0.5) is 0 Å². The van der Waals surface area contributed by atoms with Gasteiger partial charge in [-0.15, -0.1) is 0 Å². The van der Waals surface area contributed by atoms with Crippen molar-refractivity contribution >= 4 is 12.0 Å². The highest BCUT2D eigenvalue weighted by molar-refractivity contribution is 5.91. The zero-order chi connectivity index (χ0) is 11.6. The molecule has 1 aromatic heterocycles. The third kappa shape index (κ3) is 2.29. The van der Waals surface area contributed by atoms with E-state index in [9.17, 15) is 4.79 Å². The molecular weight excluding hydrogens is 190 g/mol. The van der Waals surface area contributed by atoms with E-state index in [0.717, 1.165) is 17.8 Å². The van der Waals surface area contributed by atoms with Crippen molar-refractivity contribution < 1.29 is 9.90 Å². The molecule has 3 nitrogen and oxygen atoms in total. The molecule has 1 N–H and O–H groups in total. The number of carbonyl (C=O) groups is 1. The lowest BCUT2D eigenvalue weighted by Gasteiger charge is -2.04. The van der Waals surface area contributed by atoms with Gasteiger partial charge < -0.3 is 9.67 Å². The van der Waals surface area contributed by atoms with Gasteiger partial charge in [-0.1, -0.05) is 0 Å². The van der Waals surface area contributed by atoms with E-state index in [-0.39, 0.29) is 0 Å². The molecule has 0 unspecified atom stereocenters. The Labute approximate surface area is 90.0 Å². The van der Waals surface area contributed by atoms with E-state index in [2.05, 4.69) is 11.5 Å². The number of carboxylic acid groups (broad SMARTS) is 1. The topological polar surface area (TPSA) is 42.2 Å². The largest absolute Gasteiger partial charge is 0.478 e. The van der Waals surface area contributed by atoms with Gasteiger partial charge in [0.15, 0.2) is 0 Å². The Balaban J connectivity index is 3.17. The number of aryl methyl sites for hydroxylation is 1. The Morgan fingerprint density at radius 3 is 2.53 bits per heavy atom. The van der Waals surface area contributed by atoms with E-state index in [0.29, 0.717) is 5.57 Å². The van der Waals surface area contributed by atoms with Crippen LogP contribution in [-0.4, -0.2) is 15.6 Å². The highest BCUT2D eigenvalue weighted by atomic mass is 16.4. The third-order valence-electron chi connectivity index (χ3n) is 2.64. The van der Waals surface area contributed by atoms with Gasteiger partial charge in [0, 0.05) is 23.5 Å². The second kappa shape index (κ2) is 4.34. The fourth-order valence-electron chi connectivity index (χ4n) is 1.76. The van der Waals surface area contributed by atoms with Crippen LogP contribution in [0.15, 0.2) is 11.6 Å². The zero-order valence-electron chi connectivity index (χ0n) is 9.66. The first-order valence-corrected chi connectivity index (χ1v) is 5.05. The number of aliphatic carboxylic acids is 1. The number of aromatic nitrogens is 1. The van der Waals surface area contributed by atoms with Crippen LogP contribution in [0, 0.1) is 13.8 Å². The summed E-state index contributed by atoms with van der Waals surface area (Å²) in [5.41, 5.74) is 3.65. The average molecular weight is 207 g/mol. The number of nitrogens with zero attached hydrogens (tertiary/aromatic N) is 1. The van der Waals surface area contributed by atoms with Crippen molar-refractivity contribution in [2.24, 2.45) is 0 Å². The zero-order valence-corrected chi connectivity index (χ0v) is 9.66. The molecule has 0 spiro atoms. The fourth-order valence-corrected chi connectivity index (χ4v) is 1.76. The summed E-state index contributed by atoms with van der Waals surface area (Å²) in [4.78, 5) is 10.7. The molecular formula is C12H17NO2. The summed E-state index contributed by atoms with van der Waals surface area (Å²) < 4.78 is 2.17. The molecule has 0 saturated heterocycles. The van der Waals surface area contributed by atoms with Crippen LogP contribution in [0.2, 0.25) is 0 Å². The summed E-state index contributed by atoms with van der Waals surface area (Å²) in [6.07, 6.45) is 1.72. The van der Waals surface area contributed by atoms with Crippen LogP contribution >= 0.6 is 0 Å². The predicted octanol–water partition coefficient (Wildman–Crippen LogP) is 2.61. The van der Waals surface area contributed by atoms with E-state index < -0.39 is 5.97 Å². The second-order valence-electron chi connectivity index (χ2n) is 3.70. The van der Waals surface area contributed by atoms with Crippen LogP contribution in [0.3, 0.4) is 0 Å². The van der Waals surface area contributed by atoms with Crippen molar-refractivity contribution in [1.29, 1.82) is 0 Å². The fraction of sp³-hybridized carbons (Fsp3) is 0.417. The summed E-state index contributed by atoms with van der Waals surface area (Å²) >= 11 is 0. The first-order chi connectivity index (χ1) is 6.97. The second-order valence-corrected chi connectivity index (χ2v) is 3.70. The minimum absolute atomic E-state index is 0.367. The van der Waals surface area contributed by atoms with Gasteiger partial charge in [0.1, 0.15) is 0 Å². The maximum atomic E-state index is 10.7. The predicted molar refractivity (Wildman–Crippen MR) is 60.9 cm³/mol. The van der Waals surface area contributed by atoms with E-state index in [1.165, 1.54) is 5.69 Å². The number of carboxylic acids is 1. The van der Waals surface area contributed by atoms with Gasteiger partial charge in [0.2, 0.25) is 0 Å². The monoisotopic (exact) mass is 207 g/mol.